The van der Waals surface area contributed by atoms with Gasteiger partial charge in [-0.1, -0.05) is 54.1 Å². The van der Waals surface area contributed by atoms with Crippen LogP contribution < -0.4 is 16.0 Å². The molecule has 1 unspecified atom stereocenters. The van der Waals surface area contributed by atoms with Crippen molar-refractivity contribution in [2.75, 3.05) is 10.6 Å². The van der Waals surface area contributed by atoms with Crippen LogP contribution in [0.4, 0.5) is 15.8 Å². The molecular formula is C33H29ClFN3O3S. The van der Waals surface area contributed by atoms with Crippen LogP contribution in [0.1, 0.15) is 34.0 Å². The first-order chi connectivity index (χ1) is 20.1. The van der Waals surface area contributed by atoms with Crippen molar-refractivity contribution in [2.45, 2.75) is 30.9 Å². The Morgan fingerprint density at radius 1 is 0.881 bits per heavy atom. The number of thioether (sulfide) groups is 1. The first-order valence-corrected chi connectivity index (χ1v) is 14.3. The van der Waals surface area contributed by atoms with Crippen molar-refractivity contribution in [3.8, 4) is 0 Å². The molecule has 0 fully saturated rings. The zero-order valence-electron chi connectivity index (χ0n) is 23.2. The highest BCUT2D eigenvalue weighted by atomic mass is 35.5. The lowest BCUT2D eigenvalue weighted by molar-refractivity contribution is -0.115. The molecule has 4 rings (SSSR count). The van der Waals surface area contributed by atoms with E-state index in [1.54, 1.807) is 55.5 Å². The number of nitrogens with one attached hydrogen (secondary N) is 3. The zero-order valence-corrected chi connectivity index (χ0v) is 24.8. The maximum atomic E-state index is 14.6. The van der Waals surface area contributed by atoms with Gasteiger partial charge in [0.05, 0.1) is 10.3 Å². The van der Waals surface area contributed by atoms with Gasteiger partial charge in [-0.25, -0.2) is 4.39 Å². The number of hydrogen-bond acceptors (Lipinski definition) is 4. The summed E-state index contributed by atoms with van der Waals surface area (Å²) in [4.78, 5) is 39.9. The quantitative estimate of drug-likeness (QED) is 0.136. The highest BCUT2D eigenvalue weighted by Gasteiger charge is 2.19. The van der Waals surface area contributed by atoms with Gasteiger partial charge in [-0.3, -0.25) is 14.4 Å². The van der Waals surface area contributed by atoms with Crippen LogP contribution in [0.25, 0.3) is 6.08 Å². The van der Waals surface area contributed by atoms with Gasteiger partial charge in [0.15, 0.2) is 0 Å². The Morgan fingerprint density at radius 3 is 2.36 bits per heavy atom. The molecule has 3 N–H and O–H groups in total. The second-order valence-electron chi connectivity index (χ2n) is 9.56. The minimum Gasteiger partial charge on any atom is -0.325 e. The Kier molecular flexibility index (Phi) is 10.2. The van der Waals surface area contributed by atoms with Crippen LogP contribution in [0, 0.1) is 19.7 Å². The van der Waals surface area contributed by atoms with Crippen molar-refractivity contribution in [2.24, 2.45) is 0 Å². The standard InChI is InChI=1S/C33H29ClFN3O3S/c1-20-15-16-21(2)29(17-20)37-31(39)22(3)42-25-12-7-11-24(18-25)36-33(41)30(19-26-27(34)13-8-14-28(26)35)38-32(40)23-9-5-4-6-10-23/h4-19,22H,1-3H3,(H,36,41)(H,37,39)(H,38,40)/b30-19+. The van der Waals surface area contributed by atoms with Crippen LogP contribution >= 0.6 is 23.4 Å². The Balaban J connectivity index is 1.52. The van der Waals surface area contributed by atoms with Crippen LogP contribution in [0.3, 0.4) is 0 Å². The van der Waals surface area contributed by atoms with Gasteiger partial charge in [0.1, 0.15) is 11.5 Å². The van der Waals surface area contributed by atoms with Gasteiger partial charge in [0.2, 0.25) is 5.91 Å². The smallest absolute Gasteiger partial charge is 0.272 e. The molecular weight excluding hydrogens is 573 g/mol. The molecule has 214 valence electrons. The predicted molar refractivity (Wildman–Crippen MR) is 168 cm³/mol. The summed E-state index contributed by atoms with van der Waals surface area (Å²) in [5, 5.41) is 7.96. The summed E-state index contributed by atoms with van der Waals surface area (Å²) < 4.78 is 14.6. The zero-order chi connectivity index (χ0) is 30.2. The molecule has 0 aromatic heterocycles. The molecule has 4 aromatic carbocycles. The molecule has 1 atom stereocenters. The SMILES string of the molecule is Cc1ccc(C)c(NC(=O)C(C)Sc2cccc(NC(=O)/C(=C\c3c(F)cccc3Cl)NC(=O)c3ccccc3)c2)c1. The average molecular weight is 602 g/mol. The summed E-state index contributed by atoms with van der Waals surface area (Å²) in [6, 6.07) is 25.3. The van der Waals surface area contributed by atoms with Crippen LogP contribution in [-0.2, 0) is 9.59 Å². The first kappa shape index (κ1) is 30.6. The highest BCUT2D eigenvalue weighted by molar-refractivity contribution is 8.00. The molecule has 4 aromatic rings. The van der Waals surface area contributed by atoms with E-state index in [0.717, 1.165) is 21.7 Å². The minimum atomic E-state index is -0.679. The molecule has 0 bridgehead atoms. The fourth-order valence-corrected chi connectivity index (χ4v) is 5.09. The summed E-state index contributed by atoms with van der Waals surface area (Å²) in [6.45, 7) is 5.70. The number of carbonyl (C=O) groups is 3. The Hall–Kier alpha value is -4.40. The van der Waals surface area contributed by atoms with Gasteiger partial charge in [0.25, 0.3) is 11.8 Å². The third-order valence-electron chi connectivity index (χ3n) is 6.24. The van der Waals surface area contributed by atoms with E-state index >= 15 is 0 Å². The molecule has 0 saturated heterocycles. The number of hydrogen-bond donors (Lipinski definition) is 3. The molecule has 0 saturated carbocycles. The third-order valence-corrected chi connectivity index (χ3v) is 7.67. The van der Waals surface area contributed by atoms with E-state index < -0.39 is 22.9 Å². The number of benzene rings is 4. The summed E-state index contributed by atoms with van der Waals surface area (Å²) in [5.41, 5.74) is 3.29. The molecule has 3 amide bonds. The highest BCUT2D eigenvalue weighted by Crippen LogP contribution is 2.28. The van der Waals surface area contributed by atoms with Gasteiger partial charge in [-0.2, -0.15) is 0 Å². The van der Waals surface area contributed by atoms with E-state index in [0.29, 0.717) is 11.3 Å². The van der Waals surface area contributed by atoms with Crippen LogP contribution in [0.5, 0.6) is 0 Å². The number of anilines is 2. The number of aryl methyl sites for hydroxylation is 2. The van der Waals surface area contributed by atoms with Crippen LogP contribution in [0.15, 0.2) is 102 Å². The average Bonchev–Trinajstić information content (AvgIpc) is 2.96. The van der Waals surface area contributed by atoms with Crippen molar-refractivity contribution in [3.05, 3.63) is 130 Å². The second-order valence-corrected chi connectivity index (χ2v) is 11.4. The summed E-state index contributed by atoms with van der Waals surface area (Å²) >= 11 is 7.52. The molecule has 0 spiro atoms. The number of amides is 3. The third kappa shape index (κ3) is 8.09. The number of halogens is 2. The second kappa shape index (κ2) is 14.0. The minimum absolute atomic E-state index is 0.0364. The van der Waals surface area contributed by atoms with Gasteiger partial charge in [0, 0.05) is 27.4 Å². The molecule has 42 heavy (non-hydrogen) atoms. The normalized spacial score (nSPS) is 11.9. The first-order valence-electron chi connectivity index (χ1n) is 13.1. The van der Waals surface area contributed by atoms with Crippen molar-refractivity contribution in [1.29, 1.82) is 0 Å². The maximum absolute atomic E-state index is 14.6. The van der Waals surface area contributed by atoms with Gasteiger partial charge in [-0.15, -0.1) is 11.8 Å². The lowest BCUT2D eigenvalue weighted by Gasteiger charge is -2.15. The molecule has 9 heteroatoms. The summed E-state index contributed by atoms with van der Waals surface area (Å²) in [6.07, 6.45) is 1.20. The maximum Gasteiger partial charge on any atom is 0.272 e. The van der Waals surface area contributed by atoms with Gasteiger partial charge < -0.3 is 16.0 Å². The van der Waals surface area contributed by atoms with Crippen molar-refractivity contribution in [1.82, 2.24) is 5.32 Å². The van der Waals surface area contributed by atoms with Crippen molar-refractivity contribution < 1.29 is 18.8 Å². The Labute approximate surface area is 253 Å². The van der Waals surface area contributed by atoms with E-state index in [2.05, 4.69) is 16.0 Å². The molecule has 0 radical (unpaired) electrons. The topological polar surface area (TPSA) is 87.3 Å². The fraction of sp³-hybridized carbons (Fsp3) is 0.121. The summed E-state index contributed by atoms with van der Waals surface area (Å²) in [5.74, 6) is -2.02. The Bertz CT molecular complexity index is 1640. The molecule has 6 nitrogen and oxygen atoms in total. The van der Waals surface area contributed by atoms with Gasteiger partial charge >= 0.3 is 0 Å². The number of rotatable bonds is 9. The molecule has 0 heterocycles. The predicted octanol–water partition coefficient (Wildman–Crippen LogP) is 7.62. The molecule has 0 aliphatic rings. The largest absolute Gasteiger partial charge is 0.325 e. The van der Waals surface area contributed by atoms with E-state index in [-0.39, 0.29) is 22.2 Å². The van der Waals surface area contributed by atoms with Gasteiger partial charge in [-0.05, 0) is 86.5 Å². The number of carbonyl (C=O) groups excluding carboxylic acids is 3. The van der Waals surface area contributed by atoms with E-state index in [1.165, 1.54) is 36.0 Å². The lowest BCUT2D eigenvalue weighted by atomic mass is 10.1. The fourth-order valence-electron chi connectivity index (χ4n) is 3.94. The van der Waals surface area contributed by atoms with Crippen LogP contribution in [0.2, 0.25) is 5.02 Å². The monoisotopic (exact) mass is 601 g/mol. The lowest BCUT2D eigenvalue weighted by Crippen LogP contribution is -2.30. The van der Waals surface area contributed by atoms with E-state index in [4.69, 9.17) is 11.6 Å². The molecule has 0 aliphatic carbocycles. The van der Waals surface area contributed by atoms with Crippen LogP contribution in [-0.4, -0.2) is 23.0 Å². The van der Waals surface area contributed by atoms with E-state index in [1.807, 2.05) is 38.1 Å². The van der Waals surface area contributed by atoms with Crippen molar-refractivity contribution in [3.63, 3.8) is 0 Å². The molecule has 0 aliphatic heterocycles. The summed E-state index contributed by atoms with van der Waals surface area (Å²) in [7, 11) is 0. The van der Waals surface area contributed by atoms with Crippen molar-refractivity contribution >= 4 is 58.5 Å². The van der Waals surface area contributed by atoms with E-state index in [9.17, 15) is 18.8 Å². The Morgan fingerprint density at radius 2 is 1.62 bits per heavy atom.